The van der Waals surface area contributed by atoms with Crippen molar-refractivity contribution in [1.82, 2.24) is 14.8 Å². The van der Waals surface area contributed by atoms with Gasteiger partial charge in [-0.05, 0) is 31.0 Å². The molecular formula is C14H16ClN3O2S. The van der Waals surface area contributed by atoms with Crippen molar-refractivity contribution >= 4 is 23.4 Å². The minimum atomic E-state index is -0.0664. The highest BCUT2D eigenvalue weighted by Gasteiger charge is 2.29. The van der Waals surface area contributed by atoms with Gasteiger partial charge < -0.3 is 14.4 Å². The van der Waals surface area contributed by atoms with Crippen molar-refractivity contribution in [2.45, 2.75) is 30.6 Å². The summed E-state index contributed by atoms with van der Waals surface area (Å²) in [6.07, 6.45) is 2.27. The van der Waals surface area contributed by atoms with Gasteiger partial charge in [0, 0.05) is 16.8 Å². The lowest BCUT2D eigenvalue weighted by Gasteiger charge is -2.08. The molecule has 0 atom stereocenters. The summed E-state index contributed by atoms with van der Waals surface area (Å²) in [6, 6.07) is 7.81. The van der Waals surface area contributed by atoms with Gasteiger partial charge >= 0.3 is 0 Å². The Morgan fingerprint density at radius 1 is 1.38 bits per heavy atom. The first-order valence-electron chi connectivity index (χ1n) is 6.83. The average molecular weight is 326 g/mol. The molecule has 7 heteroatoms. The second-order valence-electron chi connectivity index (χ2n) is 4.81. The molecule has 1 heterocycles. The molecule has 1 fully saturated rings. The van der Waals surface area contributed by atoms with E-state index >= 15 is 0 Å². The van der Waals surface area contributed by atoms with Gasteiger partial charge in [-0.1, -0.05) is 29.4 Å². The van der Waals surface area contributed by atoms with Gasteiger partial charge in [0.2, 0.25) is 0 Å². The van der Waals surface area contributed by atoms with E-state index in [0.717, 1.165) is 29.5 Å². The molecule has 0 aliphatic heterocycles. The van der Waals surface area contributed by atoms with Crippen molar-refractivity contribution in [3.8, 4) is 5.75 Å². The second-order valence-corrected chi connectivity index (χ2v) is 6.31. The Bertz CT molecular complexity index is 616. The number of aliphatic hydroxyl groups excluding tert-OH is 1. The monoisotopic (exact) mass is 325 g/mol. The summed E-state index contributed by atoms with van der Waals surface area (Å²) in [7, 11) is 0. The highest BCUT2D eigenvalue weighted by Crippen LogP contribution is 2.38. The lowest BCUT2D eigenvalue weighted by molar-refractivity contribution is 0.263. The van der Waals surface area contributed by atoms with E-state index in [1.54, 1.807) is 17.8 Å². The summed E-state index contributed by atoms with van der Waals surface area (Å²) >= 11 is 7.50. The number of nitrogens with zero attached hydrogens (tertiary/aromatic N) is 3. The van der Waals surface area contributed by atoms with Crippen molar-refractivity contribution in [2.24, 2.45) is 0 Å². The van der Waals surface area contributed by atoms with Gasteiger partial charge in [-0.15, -0.1) is 10.2 Å². The van der Waals surface area contributed by atoms with Gasteiger partial charge in [-0.25, -0.2) is 0 Å². The van der Waals surface area contributed by atoms with Crippen LogP contribution < -0.4 is 4.74 Å². The fourth-order valence-corrected chi connectivity index (χ4v) is 3.08. The molecule has 1 aromatic carbocycles. The van der Waals surface area contributed by atoms with Crippen LogP contribution in [0.4, 0.5) is 0 Å². The zero-order valence-electron chi connectivity index (χ0n) is 11.4. The number of rotatable bonds is 7. The Kier molecular flexibility index (Phi) is 4.67. The van der Waals surface area contributed by atoms with Crippen LogP contribution in [0.5, 0.6) is 5.75 Å². The molecule has 112 valence electrons. The van der Waals surface area contributed by atoms with Crippen LogP contribution in [-0.4, -0.2) is 32.2 Å². The van der Waals surface area contributed by atoms with Gasteiger partial charge in [0.15, 0.2) is 11.0 Å². The maximum absolute atomic E-state index is 9.28. The SMILES string of the molecule is OCc1nnc(SCCOc2cccc(Cl)c2)n1C1CC1. The van der Waals surface area contributed by atoms with Crippen LogP contribution in [0.25, 0.3) is 0 Å². The fourth-order valence-electron chi connectivity index (χ4n) is 2.06. The molecule has 1 saturated carbocycles. The number of ether oxygens (including phenoxy) is 1. The highest BCUT2D eigenvalue weighted by atomic mass is 35.5. The topological polar surface area (TPSA) is 60.2 Å². The Hall–Kier alpha value is -1.24. The summed E-state index contributed by atoms with van der Waals surface area (Å²) < 4.78 is 7.69. The first-order valence-corrected chi connectivity index (χ1v) is 8.20. The van der Waals surface area contributed by atoms with Crippen LogP contribution >= 0.6 is 23.4 Å². The molecule has 21 heavy (non-hydrogen) atoms. The molecule has 3 rings (SSSR count). The van der Waals surface area contributed by atoms with Crippen LogP contribution in [0.15, 0.2) is 29.4 Å². The van der Waals surface area contributed by atoms with Crippen molar-refractivity contribution < 1.29 is 9.84 Å². The molecule has 1 aliphatic carbocycles. The Morgan fingerprint density at radius 3 is 2.95 bits per heavy atom. The molecular weight excluding hydrogens is 310 g/mol. The minimum absolute atomic E-state index is 0.0664. The number of thioether (sulfide) groups is 1. The van der Waals surface area contributed by atoms with E-state index in [1.165, 1.54) is 0 Å². The van der Waals surface area contributed by atoms with Crippen molar-refractivity contribution in [3.05, 3.63) is 35.1 Å². The van der Waals surface area contributed by atoms with Crippen LogP contribution in [0.3, 0.4) is 0 Å². The second kappa shape index (κ2) is 6.68. The van der Waals surface area contributed by atoms with Crippen LogP contribution in [0, 0.1) is 0 Å². The van der Waals surface area contributed by atoms with E-state index in [1.807, 2.05) is 22.8 Å². The van der Waals surface area contributed by atoms with Crippen LogP contribution in [0.2, 0.25) is 5.02 Å². The van der Waals surface area contributed by atoms with E-state index in [-0.39, 0.29) is 6.61 Å². The summed E-state index contributed by atoms with van der Waals surface area (Å²) in [4.78, 5) is 0. The molecule has 0 radical (unpaired) electrons. The van der Waals surface area contributed by atoms with E-state index in [4.69, 9.17) is 16.3 Å². The maximum Gasteiger partial charge on any atom is 0.191 e. The number of hydrogen-bond acceptors (Lipinski definition) is 5. The number of hydrogen-bond donors (Lipinski definition) is 1. The summed E-state index contributed by atoms with van der Waals surface area (Å²) in [5.41, 5.74) is 0. The minimum Gasteiger partial charge on any atom is -0.493 e. The fraction of sp³-hybridized carbons (Fsp3) is 0.429. The number of benzene rings is 1. The van der Waals surface area contributed by atoms with Crippen LogP contribution in [-0.2, 0) is 6.61 Å². The summed E-state index contributed by atoms with van der Waals surface area (Å²) in [5.74, 6) is 2.18. The molecule has 2 aromatic rings. The third-order valence-corrected chi connectivity index (χ3v) is 4.31. The quantitative estimate of drug-likeness (QED) is 0.626. The van der Waals surface area contributed by atoms with Gasteiger partial charge in [0.05, 0.1) is 6.61 Å². The Balaban J connectivity index is 1.53. The third-order valence-electron chi connectivity index (χ3n) is 3.17. The lowest BCUT2D eigenvalue weighted by atomic mass is 10.3. The lowest BCUT2D eigenvalue weighted by Crippen LogP contribution is -2.05. The molecule has 0 bridgehead atoms. The Labute approximate surface area is 132 Å². The third kappa shape index (κ3) is 3.70. The zero-order chi connectivity index (χ0) is 14.7. The summed E-state index contributed by atoms with van der Waals surface area (Å²) in [5, 5.41) is 19.0. The molecule has 0 spiro atoms. The Morgan fingerprint density at radius 2 is 2.24 bits per heavy atom. The highest BCUT2D eigenvalue weighted by molar-refractivity contribution is 7.99. The molecule has 0 unspecified atom stereocenters. The zero-order valence-corrected chi connectivity index (χ0v) is 13.0. The first kappa shape index (κ1) is 14.7. The molecule has 5 nitrogen and oxygen atoms in total. The largest absolute Gasteiger partial charge is 0.493 e. The van der Waals surface area contributed by atoms with E-state index in [0.29, 0.717) is 23.5 Å². The number of halogens is 1. The average Bonchev–Trinajstić information content (AvgIpc) is 3.24. The standard InChI is InChI=1S/C14H16ClN3O2S/c15-10-2-1-3-12(8-10)20-6-7-21-14-17-16-13(9-19)18(14)11-4-5-11/h1-3,8,11,19H,4-7,9H2. The van der Waals surface area contributed by atoms with Crippen molar-refractivity contribution in [2.75, 3.05) is 12.4 Å². The van der Waals surface area contributed by atoms with Crippen molar-refractivity contribution in [3.63, 3.8) is 0 Å². The van der Waals surface area contributed by atoms with E-state index < -0.39 is 0 Å². The van der Waals surface area contributed by atoms with E-state index in [2.05, 4.69) is 10.2 Å². The smallest absolute Gasteiger partial charge is 0.191 e. The van der Waals surface area contributed by atoms with Gasteiger partial charge in [0.25, 0.3) is 0 Å². The first-order chi connectivity index (χ1) is 10.3. The molecule has 0 saturated heterocycles. The van der Waals surface area contributed by atoms with Crippen LogP contribution in [0.1, 0.15) is 24.7 Å². The number of aliphatic hydroxyl groups is 1. The maximum atomic E-state index is 9.28. The molecule has 1 aromatic heterocycles. The molecule has 1 N–H and O–H groups in total. The summed E-state index contributed by atoms with van der Waals surface area (Å²) in [6.45, 7) is 0.500. The molecule has 1 aliphatic rings. The van der Waals surface area contributed by atoms with Gasteiger partial charge in [0.1, 0.15) is 12.4 Å². The molecule has 0 amide bonds. The van der Waals surface area contributed by atoms with Crippen molar-refractivity contribution in [1.29, 1.82) is 0 Å². The predicted octanol–water partition coefficient (Wildman–Crippen LogP) is 2.93. The van der Waals surface area contributed by atoms with Gasteiger partial charge in [-0.3, -0.25) is 0 Å². The predicted molar refractivity (Wildman–Crippen MR) is 81.9 cm³/mol. The normalized spacial score (nSPS) is 14.4. The van der Waals surface area contributed by atoms with Gasteiger partial charge in [-0.2, -0.15) is 0 Å². The number of aromatic nitrogens is 3. The van der Waals surface area contributed by atoms with E-state index in [9.17, 15) is 5.11 Å².